The molecule has 0 radical (unpaired) electrons. The lowest BCUT2D eigenvalue weighted by molar-refractivity contribution is -0.140. The maximum Gasteiger partial charge on any atom is 0.269 e. The summed E-state index contributed by atoms with van der Waals surface area (Å²) in [5, 5.41) is 2.57. The molecule has 2 saturated heterocycles. The molecule has 2 aromatic heterocycles. The molecular formula is C23H29N5O3. The highest BCUT2D eigenvalue weighted by molar-refractivity contribution is 5.92. The van der Waals surface area contributed by atoms with E-state index in [-0.39, 0.29) is 17.9 Å². The van der Waals surface area contributed by atoms with Crippen LogP contribution in [0.2, 0.25) is 0 Å². The number of carbonyl (C=O) groups excluding carboxylic acids is 2. The molecule has 0 aliphatic carbocycles. The Bertz CT molecular complexity index is 941. The fourth-order valence-electron chi connectivity index (χ4n) is 4.14. The molecular weight excluding hydrogens is 394 g/mol. The number of carbonyl (C=O) groups is 2. The van der Waals surface area contributed by atoms with Crippen LogP contribution >= 0.6 is 0 Å². The number of morpholine rings is 1. The summed E-state index contributed by atoms with van der Waals surface area (Å²) in [6.45, 7) is 6.08. The van der Waals surface area contributed by atoms with Gasteiger partial charge >= 0.3 is 0 Å². The van der Waals surface area contributed by atoms with Gasteiger partial charge in [0.05, 0.1) is 25.4 Å². The third-order valence-electron chi connectivity index (χ3n) is 5.84. The van der Waals surface area contributed by atoms with Gasteiger partial charge in [0.2, 0.25) is 5.91 Å². The van der Waals surface area contributed by atoms with Crippen LogP contribution in [0.4, 0.5) is 0 Å². The summed E-state index contributed by atoms with van der Waals surface area (Å²) in [6.07, 6.45) is 3.78. The number of likely N-dealkylation sites (tertiary alicyclic amines) is 1. The number of rotatable bonds is 5. The summed E-state index contributed by atoms with van der Waals surface area (Å²) in [6, 6.07) is 7.56. The van der Waals surface area contributed by atoms with Crippen molar-refractivity contribution in [1.82, 2.24) is 25.1 Å². The minimum atomic E-state index is -0.256. The first-order chi connectivity index (χ1) is 15.0. The van der Waals surface area contributed by atoms with Gasteiger partial charge in [-0.25, -0.2) is 0 Å². The van der Waals surface area contributed by atoms with Crippen molar-refractivity contribution in [2.45, 2.75) is 25.9 Å². The van der Waals surface area contributed by atoms with E-state index in [1.807, 2.05) is 30.0 Å². The van der Waals surface area contributed by atoms with E-state index in [0.29, 0.717) is 31.9 Å². The molecule has 4 rings (SSSR count). The number of ether oxygens (including phenoxy) is 1. The first-order valence-corrected chi connectivity index (χ1v) is 10.8. The Morgan fingerprint density at radius 3 is 2.68 bits per heavy atom. The number of aromatic nitrogens is 2. The molecule has 164 valence electrons. The van der Waals surface area contributed by atoms with E-state index >= 15 is 0 Å². The van der Waals surface area contributed by atoms with Crippen molar-refractivity contribution in [3.63, 3.8) is 0 Å². The monoisotopic (exact) mass is 423 g/mol. The molecule has 0 aromatic carbocycles. The minimum Gasteiger partial charge on any atom is -0.368 e. The largest absolute Gasteiger partial charge is 0.368 e. The van der Waals surface area contributed by atoms with Gasteiger partial charge < -0.3 is 15.0 Å². The molecule has 2 aromatic rings. The Balaban J connectivity index is 1.49. The van der Waals surface area contributed by atoms with Gasteiger partial charge in [0, 0.05) is 31.0 Å². The highest BCUT2D eigenvalue weighted by atomic mass is 16.5. The van der Waals surface area contributed by atoms with E-state index in [9.17, 15) is 9.59 Å². The van der Waals surface area contributed by atoms with Crippen molar-refractivity contribution >= 4 is 11.8 Å². The third kappa shape index (κ3) is 5.08. The zero-order valence-electron chi connectivity index (χ0n) is 18.1. The molecule has 2 amide bonds. The number of amides is 2. The summed E-state index contributed by atoms with van der Waals surface area (Å²) in [5.41, 5.74) is 3.91. The zero-order valence-corrected chi connectivity index (χ0v) is 18.1. The van der Waals surface area contributed by atoms with Gasteiger partial charge in [0.1, 0.15) is 11.8 Å². The van der Waals surface area contributed by atoms with Crippen LogP contribution in [0.1, 0.15) is 40.8 Å². The van der Waals surface area contributed by atoms with Crippen LogP contribution in [0, 0.1) is 6.92 Å². The van der Waals surface area contributed by atoms with Gasteiger partial charge in [-0.05, 0) is 56.6 Å². The van der Waals surface area contributed by atoms with Crippen molar-refractivity contribution < 1.29 is 14.3 Å². The Kier molecular flexibility index (Phi) is 6.58. The number of nitrogens with zero attached hydrogens (tertiary/aromatic N) is 4. The normalized spacial score (nSPS) is 19.4. The molecule has 31 heavy (non-hydrogen) atoms. The molecule has 0 bridgehead atoms. The Labute approximate surface area is 182 Å². The Hall–Kier alpha value is -2.84. The molecule has 2 fully saturated rings. The predicted molar refractivity (Wildman–Crippen MR) is 117 cm³/mol. The fourth-order valence-corrected chi connectivity index (χ4v) is 4.14. The molecule has 2 aliphatic rings. The average Bonchev–Trinajstić information content (AvgIpc) is 3.31. The molecule has 1 unspecified atom stereocenters. The van der Waals surface area contributed by atoms with Crippen molar-refractivity contribution in [2.24, 2.45) is 0 Å². The average molecular weight is 424 g/mol. The van der Waals surface area contributed by atoms with Crippen LogP contribution in [0.15, 0.2) is 30.5 Å². The molecule has 1 N–H and O–H groups in total. The van der Waals surface area contributed by atoms with Gasteiger partial charge in [0.25, 0.3) is 5.91 Å². The van der Waals surface area contributed by atoms with Gasteiger partial charge in [0.15, 0.2) is 0 Å². The summed E-state index contributed by atoms with van der Waals surface area (Å²) in [5.74, 6) is -0.0514. The molecule has 4 heterocycles. The number of nitrogens with one attached hydrogen (secondary N) is 1. The van der Waals surface area contributed by atoms with Crippen molar-refractivity contribution in [2.75, 3.05) is 46.4 Å². The SMILES string of the molecule is CNC(=O)c1ccc(-c2cc(C)nc(C3CN(C(=O)CN4CCCC4)CCO3)c2)cn1. The van der Waals surface area contributed by atoms with Crippen molar-refractivity contribution in [3.8, 4) is 11.1 Å². The molecule has 0 spiro atoms. The molecule has 8 heteroatoms. The minimum absolute atomic E-state index is 0.164. The third-order valence-corrected chi connectivity index (χ3v) is 5.84. The van der Waals surface area contributed by atoms with Crippen LogP contribution in [-0.4, -0.2) is 78.0 Å². The van der Waals surface area contributed by atoms with Crippen LogP contribution in [0.3, 0.4) is 0 Å². The van der Waals surface area contributed by atoms with E-state index in [2.05, 4.69) is 20.2 Å². The Morgan fingerprint density at radius 2 is 1.97 bits per heavy atom. The second-order valence-corrected chi connectivity index (χ2v) is 8.12. The van der Waals surface area contributed by atoms with Crippen LogP contribution in [-0.2, 0) is 9.53 Å². The van der Waals surface area contributed by atoms with E-state index in [1.165, 1.54) is 12.8 Å². The number of pyridine rings is 2. The maximum absolute atomic E-state index is 12.8. The fraction of sp³-hybridized carbons (Fsp3) is 0.478. The smallest absolute Gasteiger partial charge is 0.269 e. The lowest BCUT2D eigenvalue weighted by Crippen LogP contribution is -2.46. The first-order valence-electron chi connectivity index (χ1n) is 10.8. The molecule has 2 aliphatic heterocycles. The van der Waals surface area contributed by atoms with E-state index in [1.54, 1.807) is 19.3 Å². The molecule has 1 atom stereocenters. The predicted octanol–water partition coefficient (Wildman–Crippen LogP) is 1.81. The van der Waals surface area contributed by atoms with Gasteiger partial charge in [-0.15, -0.1) is 0 Å². The second kappa shape index (κ2) is 9.53. The molecule has 0 saturated carbocycles. The van der Waals surface area contributed by atoms with Crippen molar-refractivity contribution in [1.29, 1.82) is 0 Å². The van der Waals surface area contributed by atoms with Gasteiger partial charge in [-0.1, -0.05) is 6.07 Å². The quantitative estimate of drug-likeness (QED) is 0.789. The highest BCUT2D eigenvalue weighted by Gasteiger charge is 2.28. The molecule has 8 nitrogen and oxygen atoms in total. The summed E-state index contributed by atoms with van der Waals surface area (Å²) < 4.78 is 5.99. The van der Waals surface area contributed by atoms with E-state index < -0.39 is 0 Å². The van der Waals surface area contributed by atoms with Gasteiger partial charge in [-0.3, -0.25) is 24.5 Å². The van der Waals surface area contributed by atoms with Gasteiger partial charge in [-0.2, -0.15) is 0 Å². The summed E-state index contributed by atoms with van der Waals surface area (Å²) in [4.78, 5) is 37.6. The number of hydrogen-bond acceptors (Lipinski definition) is 6. The van der Waals surface area contributed by atoms with Crippen LogP contribution in [0.5, 0.6) is 0 Å². The van der Waals surface area contributed by atoms with Crippen LogP contribution < -0.4 is 5.32 Å². The van der Waals surface area contributed by atoms with E-state index in [0.717, 1.165) is 35.6 Å². The standard InChI is InChI=1S/C23H29N5O3/c1-16-11-18(17-5-6-19(25-13-17)23(30)24-2)12-20(26-16)21-14-28(9-10-31-21)22(29)15-27-7-3-4-8-27/h5-6,11-13,21H,3-4,7-10,14-15H2,1-2H3,(H,24,30). The lowest BCUT2D eigenvalue weighted by Gasteiger charge is -2.34. The van der Waals surface area contributed by atoms with Crippen molar-refractivity contribution in [3.05, 3.63) is 47.5 Å². The second-order valence-electron chi connectivity index (χ2n) is 8.12. The number of hydrogen-bond donors (Lipinski definition) is 1. The lowest BCUT2D eigenvalue weighted by atomic mass is 10.0. The maximum atomic E-state index is 12.8. The number of aryl methyl sites for hydroxylation is 1. The topological polar surface area (TPSA) is 87.7 Å². The summed E-state index contributed by atoms with van der Waals surface area (Å²) >= 11 is 0. The zero-order chi connectivity index (χ0) is 21.8. The highest BCUT2D eigenvalue weighted by Crippen LogP contribution is 2.27. The van der Waals surface area contributed by atoms with E-state index in [4.69, 9.17) is 4.74 Å². The Morgan fingerprint density at radius 1 is 1.16 bits per heavy atom. The first kappa shape index (κ1) is 21.4. The van der Waals surface area contributed by atoms with Crippen LogP contribution in [0.25, 0.3) is 11.1 Å². The summed E-state index contributed by atoms with van der Waals surface area (Å²) in [7, 11) is 1.58.